The van der Waals surface area contributed by atoms with E-state index in [4.69, 9.17) is 4.74 Å². The monoisotopic (exact) mass is 329 g/mol. The van der Waals surface area contributed by atoms with Crippen LogP contribution < -0.4 is 10.1 Å². The van der Waals surface area contributed by atoms with Gasteiger partial charge in [-0.1, -0.05) is 36.4 Å². The quantitative estimate of drug-likeness (QED) is 0.763. The maximum Gasteiger partial charge on any atom is 0.265 e. The van der Waals surface area contributed by atoms with Crippen molar-refractivity contribution in [3.63, 3.8) is 0 Å². The molecule has 3 rings (SSSR count). The molecule has 0 aliphatic heterocycles. The van der Waals surface area contributed by atoms with Crippen molar-refractivity contribution in [3.8, 4) is 5.75 Å². The molecule has 1 atom stereocenters. The van der Waals surface area contributed by atoms with Crippen LogP contribution in [0.15, 0.2) is 48.5 Å². The number of hydrogen-bond acceptors (Lipinski definition) is 3. The Labute approximate surface area is 137 Å². The number of carbonyl (C=O) groups excluding carboxylic acids is 1. The third-order valence-electron chi connectivity index (χ3n) is 3.68. The molecule has 2 aromatic carbocycles. The highest BCUT2D eigenvalue weighted by Gasteiger charge is 2.22. The van der Waals surface area contributed by atoms with E-state index in [1.165, 1.54) is 24.5 Å². The molecule has 3 nitrogen and oxygen atoms in total. The lowest BCUT2D eigenvalue weighted by Gasteiger charge is -2.14. The van der Waals surface area contributed by atoms with Gasteiger partial charge in [-0.05, 0) is 24.6 Å². The molecule has 0 aliphatic carbocycles. The van der Waals surface area contributed by atoms with Gasteiger partial charge in [-0.25, -0.2) is 4.39 Å². The molecule has 0 saturated heterocycles. The number of hydrogen-bond donors (Lipinski definition) is 1. The average Bonchev–Trinajstić information content (AvgIpc) is 2.95. The molecular weight excluding hydrogens is 313 g/mol. The Bertz CT molecular complexity index is 845. The first-order chi connectivity index (χ1) is 11.1. The van der Waals surface area contributed by atoms with Crippen molar-refractivity contribution < 1.29 is 13.9 Å². The topological polar surface area (TPSA) is 38.3 Å². The first-order valence-corrected chi connectivity index (χ1v) is 8.04. The summed E-state index contributed by atoms with van der Waals surface area (Å²) in [5.74, 6) is -0.356. The van der Waals surface area contributed by atoms with Crippen LogP contribution in [0.5, 0.6) is 5.75 Å². The summed E-state index contributed by atoms with van der Waals surface area (Å²) < 4.78 is 20.0. The van der Waals surface area contributed by atoms with Gasteiger partial charge in [-0.3, -0.25) is 4.79 Å². The van der Waals surface area contributed by atoms with Crippen molar-refractivity contribution in [2.75, 3.05) is 7.11 Å². The molecule has 0 unspecified atom stereocenters. The molecule has 118 valence electrons. The number of thiophene rings is 1. The molecule has 0 aliphatic rings. The van der Waals surface area contributed by atoms with Gasteiger partial charge in [0.05, 0.1) is 18.5 Å². The summed E-state index contributed by atoms with van der Waals surface area (Å²) in [6.07, 6.45) is 0. The van der Waals surface area contributed by atoms with E-state index in [9.17, 15) is 9.18 Å². The molecule has 23 heavy (non-hydrogen) atoms. The first kappa shape index (κ1) is 15.5. The highest BCUT2D eigenvalue weighted by molar-refractivity contribution is 7.21. The second kappa shape index (κ2) is 6.38. The van der Waals surface area contributed by atoms with Crippen molar-refractivity contribution >= 4 is 27.3 Å². The highest BCUT2D eigenvalue weighted by Crippen LogP contribution is 2.39. The summed E-state index contributed by atoms with van der Waals surface area (Å²) in [5, 5.41) is 3.30. The van der Waals surface area contributed by atoms with E-state index in [0.29, 0.717) is 20.7 Å². The molecule has 5 heteroatoms. The SMILES string of the molecule is COc1c(C(=O)N[C@H](C)c2ccccc2)sc2cccc(F)c12. The summed E-state index contributed by atoms with van der Waals surface area (Å²) in [4.78, 5) is 13.0. The number of benzene rings is 2. The molecule has 1 heterocycles. The van der Waals surface area contributed by atoms with E-state index >= 15 is 0 Å². The summed E-state index contributed by atoms with van der Waals surface area (Å²) in [7, 11) is 1.45. The van der Waals surface area contributed by atoms with E-state index in [1.807, 2.05) is 37.3 Å². The summed E-state index contributed by atoms with van der Waals surface area (Å²) >= 11 is 1.23. The molecular formula is C18H16FNO2S. The summed E-state index contributed by atoms with van der Waals surface area (Å²) in [6, 6.07) is 14.3. The van der Waals surface area contributed by atoms with Crippen LogP contribution >= 0.6 is 11.3 Å². The minimum atomic E-state index is -0.384. The molecule has 3 aromatic rings. The lowest BCUT2D eigenvalue weighted by molar-refractivity contribution is 0.0941. The standard InChI is InChI=1S/C18H16FNO2S/c1-11(12-7-4-3-5-8-12)20-18(21)17-16(22-2)15-13(19)9-6-10-14(15)23-17/h3-11H,1-2H3,(H,20,21)/t11-/m1/s1. The van der Waals surface area contributed by atoms with Gasteiger partial charge in [0.15, 0.2) is 5.75 Å². The van der Waals surface area contributed by atoms with Crippen LogP contribution in [0.25, 0.3) is 10.1 Å². The summed E-state index contributed by atoms with van der Waals surface area (Å²) in [6.45, 7) is 1.91. The minimum Gasteiger partial charge on any atom is -0.494 e. The predicted molar refractivity (Wildman–Crippen MR) is 90.7 cm³/mol. The number of halogens is 1. The van der Waals surface area contributed by atoms with Crippen LogP contribution in [-0.4, -0.2) is 13.0 Å². The van der Waals surface area contributed by atoms with Gasteiger partial charge in [0, 0.05) is 4.70 Å². The van der Waals surface area contributed by atoms with Crippen LogP contribution in [0.3, 0.4) is 0 Å². The van der Waals surface area contributed by atoms with Crippen molar-refractivity contribution in [1.29, 1.82) is 0 Å². The zero-order valence-electron chi connectivity index (χ0n) is 12.8. The van der Waals surface area contributed by atoms with Crippen LogP contribution in [0.4, 0.5) is 4.39 Å². The Morgan fingerprint density at radius 3 is 2.61 bits per heavy atom. The van der Waals surface area contributed by atoms with E-state index in [1.54, 1.807) is 12.1 Å². The van der Waals surface area contributed by atoms with Crippen molar-refractivity contribution in [1.82, 2.24) is 5.32 Å². The maximum absolute atomic E-state index is 14.0. The smallest absolute Gasteiger partial charge is 0.265 e. The normalized spacial score (nSPS) is 12.1. The third kappa shape index (κ3) is 2.92. The van der Waals surface area contributed by atoms with Gasteiger partial charge >= 0.3 is 0 Å². The zero-order valence-corrected chi connectivity index (χ0v) is 13.6. The fourth-order valence-electron chi connectivity index (χ4n) is 2.51. The molecule has 0 saturated carbocycles. The molecule has 1 aromatic heterocycles. The Hall–Kier alpha value is -2.40. The number of amides is 1. The van der Waals surface area contributed by atoms with Crippen molar-refractivity contribution in [3.05, 3.63) is 64.8 Å². The Morgan fingerprint density at radius 1 is 1.17 bits per heavy atom. The molecule has 0 bridgehead atoms. The van der Waals surface area contributed by atoms with Crippen LogP contribution in [0, 0.1) is 5.82 Å². The van der Waals surface area contributed by atoms with E-state index < -0.39 is 0 Å². The van der Waals surface area contributed by atoms with E-state index in [-0.39, 0.29) is 17.8 Å². The van der Waals surface area contributed by atoms with Gasteiger partial charge in [-0.15, -0.1) is 11.3 Å². The van der Waals surface area contributed by atoms with E-state index in [2.05, 4.69) is 5.32 Å². The average molecular weight is 329 g/mol. The highest BCUT2D eigenvalue weighted by atomic mass is 32.1. The van der Waals surface area contributed by atoms with Crippen LogP contribution in [-0.2, 0) is 0 Å². The molecule has 1 amide bonds. The number of rotatable bonds is 4. The lowest BCUT2D eigenvalue weighted by Crippen LogP contribution is -2.26. The van der Waals surface area contributed by atoms with Crippen LogP contribution in [0.2, 0.25) is 0 Å². The third-order valence-corrected chi connectivity index (χ3v) is 4.81. The van der Waals surface area contributed by atoms with Gasteiger partial charge in [0.2, 0.25) is 0 Å². The van der Waals surface area contributed by atoms with E-state index in [0.717, 1.165) is 5.56 Å². The Morgan fingerprint density at radius 2 is 1.91 bits per heavy atom. The molecule has 0 spiro atoms. The van der Waals surface area contributed by atoms with Gasteiger partial charge in [-0.2, -0.15) is 0 Å². The molecule has 0 radical (unpaired) electrons. The second-order valence-corrected chi connectivity index (χ2v) is 6.24. The maximum atomic E-state index is 14.0. The van der Waals surface area contributed by atoms with Crippen molar-refractivity contribution in [2.24, 2.45) is 0 Å². The number of methoxy groups -OCH3 is 1. The van der Waals surface area contributed by atoms with Gasteiger partial charge < -0.3 is 10.1 Å². The second-order valence-electron chi connectivity index (χ2n) is 5.18. The first-order valence-electron chi connectivity index (χ1n) is 7.22. The van der Waals surface area contributed by atoms with Crippen molar-refractivity contribution in [2.45, 2.75) is 13.0 Å². The number of fused-ring (bicyclic) bond motifs is 1. The predicted octanol–water partition coefficient (Wildman–Crippen LogP) is 4.54. The summed E-state index contributed by atoms with van der Waals surface area (Å²) in [5.41, 5.74) is 1.01. The number of ether oxygens (including phenoxy) is 1. The fraction of sp³-hybridized carbons (Fsp3) is 0.167. The number of carbonyl (C=O) groups is 1. The Kier molecular flexibility index (Phi) is 4.30. The van der Waals surface area contributed by atoms with Crippen LogP contribution in [0.1, 0.15) is 28.2 Å². The van der Waals surface area contributed by atoms with Gasteiger partial charge in [0.25, 0.3) is 5.91 Å². The minimum absolute atomic E-state index is 0.150. The fourth-order valence-corrected chi connectivity index (χ4v) is 3.60. The zero-order chi connectivity index (χ0) is 16.4. The number of nitrogens with one attached hydrogen (secondary N) is 1. The van der Waals surface area contributed by atoms with Gasteiger partial charge in [0.1, 0.15) is 10.7 Å². The largest absolute Gasteiger partial charge is 0.494 e. The molecule has 1 N–H and O–H groups in total. The molecule has 0 fully saturated rings. The lowest BCUT2D eigenvalue weighted by atomic mass is 10.1. The Balaban J connectivity index is 1.94.